The highest BCUT2D eigenvalue weighted by molar-refractivity contribution is 7.99. The number of hydrogen-bond acceptors (Lipinski definition) is 6. The number of thiazole rings is 1. The third-order valence-corrected chi connectivity index (χ3v) is 9.59. The Morgan fingerprint density at radius 3 is 2.52 bits per heavy atom. The van der Waals surface area contributed by atoms with E-state index in [4.69, 9.17) is 28.2 Å². The maximum atomic E-state index is 12.6. The molecule has 0 radical (unpaired) electrons. The van der Waals surface area contributed by atoms with E-state index in [0.29, 0.717) is 21.3 Å². The van der Waals surface area contributed by atoms with Crippen LogP contribution in [0.2, 0.25) is 10.0 Å². The number of nitrogens with one attached hydrogen (secondary N) is 1. The fourth-order valence-corrected chi connectivity index (χ4v) is 6.90. The van der Waals surface area contributed by atoms with E-state index >= 15 is 0 Å². The topological polar surface area (TPSA) is 65.5 Å². The molecule has 5 rings (SSSR count). The minimum absolute atomic E-state index is 0.0234. The second kappa shape index (κ2) is 13.2. The van der Waals surface area contributed by atoms with Gasteiger partial charge in [0.2, 0.25) is 5.91 Å². The molecule has 0 spiro atoms. The summed E-state index contributed by atoms with van der Waals surface area (Å²) in [5.41, 5.74) is 4.14. The number of hydrogen-bond donors (Lipinski definition) is 1. The monoisotopic (exact) mass is 610 g/mol. The average Bonchev–Trinajstić information content (AvgIpc) is 3.44. The van der Waals surface area contributed by atoms with Crippen LogP contribution >= 0.6 is 46.5 Å². The maximum absolute atomic E-state index is 12.6. The first-order valence-corrected chi connectivity index (χ1v) is 15.3. The van der Waals surface area contributed by atoms with E-state index in [0.717, 1.165) is 53.6 Å². The maximum Gasteiger partial charge on any atom is 0.255 e. The number of piperidine rings is 1. The molecule has 2 heterocycles. The van der Waals surface area contributed by atoms with Crippen LogP contribution in [0, 0.1) is 0 Å². The molecule has 10 heteroatoms. The van der Waals surface area contributed by atoms with Gasteiger partial charge in [0, 0.05) is 66.7 Å². The summed E-state index contributed by atoms with van der Waals surface area (Å²) in [4.78, 5) is 32.4. The second-order valence-corrected chi connectivity index (χ2v) is 12.5. The molecule has 1 N–H and O–H groups in total. The number of carbonyl (C=O) groups is 2. The molecule has 1 saturated heterocycles. The zero-order valence-electron chi connectivity index (χ0n) is 21.8. The molecule has 2 amide bonds. The van der Waals surface area contributed by atoms with E-state index < -0.39 is 0 Å². The summed E-state index contributed by atoms with van der Waals surface area (Å²) in [6, 6.07) is 22.6. The van der Waals surface area contributed by atoms with Crippen LogP contribution < -0.4 is 5.32 Å². The van der Waals surface area contributed by atoms with Gasteiger partial charge < -0.3 is 5.32 Å². The van der Waals surface area contributed by atoms with E-state index in [2.05, 4.69) is 10.2 Å². The van der Waals surface area contributed by atoms with Gasteiger partial charge in [-0.2, -0.15) is 0 Å². The number of anilines is 1. The Hall–Kier alpha value is -2.88. The molecule has 0 bridgehead atoms. The van der Waals surface area contributed by atoms with E-state index in [1.807, 2.05) is 70.3 Å². The molecule has 1 aliphatic rings. The fraction of sp³-hybridized carbons (Fsp3) is 0.233. The summed E-state index contributed by atoms with van der Waals surface area (Å²) in [5, 5.41) is 6.07. The SMILES string of the molecule is CC(=O)N(Sc1nc(-c2cccc(NC(=O)c3ccccc3)c2)cs1)C1CCN(Cc2ccc(Cl)c(Cl)c2)CC1. The van der Waals surface area contributed by atoms with Gasteiger partial charge in [0.25, 0.3) is 5.91 Å². The molecule has 0 saturated carbocycles. The van der Waals surface area contributed by atoms with Crippen molar-refractivity contribution in [1.29, 1.82) is 0 Å². The quantitative estimate of drug-likeness (QED) is 0.205. The first-order chi connectivity index (χ1) is 19.4. The molecule has 6 nitrogen and oxygen atoms in total. The predicted octanol–water partition coefficient (Wildman–Crippen LogP) is 7.89. The van der Waals surface area contributed by atoms with Crippen LogP contribution in [0.15, 0.2) is 82.5 Å². The van der Waals surface area contributed by atoms with Gasteiger partial charge in [0.15, 0.2) is 4.34 Å². The van der Waals surface area contributed by atoms with E-state index in [-0.39, 0.29) is 17.9 Å². The Labute approximate surface area is 252 Å². The molecule has 1 aromatic heterocycles. The zero-order valence-corrected chi connectivity index (χ0v) is 25.0. The normalized spacial score (nSPS) is 14.2. The van der Waals surface area contributed by atoms with Crippen molar-refractivity contribution in [3.63, 3.8) is 0 Å². The number of benzene rings is 3. The lowest BCUT2D eigenvalue weighted by atomic mass is 10.0. The van der Waals surface area contributed by atoms with E-state index in [1.165, 1.54) is 23.3 Å². The third kappa shape index (κ3) is 7.25. The zero-order chi connectivity index (χ0) is 28.1. The van der Waals surface area contributed by atoms with Crippen LogP contribution in [0.5, 0.6) is 0 Å². The highest BCUT2D eigenvalue weighted by atomic mass is 35.5. The van der Waals surface area contributed by atoms with Gasteiger partial charge in [-0.25, -0.2) is 4.98 Å². The van der Waals surface area contributed by atoms with E-state index in [9.17, 15) is 9.59 Å². The van der Waals surface area contributed by atoms with Crippen molar-refractivity contribution in [2.45, 2.75) is 36.7 Å². The molecule has 0 aliphatic carbocycles. The molecular formula is C30H28Cl2N4O2S2. The number of likely N-dealkylation sites (tertiary alicyclic amines) is 1. The van der Waals surface area contributed by atoms with Crippen molar-refractivity contribution in [3.8, 4) is 11.3 Å². The summed E-state index contributed by atoms with van der Waals surface area (Å²) in [6.45, 7) is 4.19. The van der Waals surface area contributed by atoms with Crippen molar-refractivity contribution >= 4 is 64.0 Å². The smallest absolute Gasteiger partial charge is 0.255 e. The number of carbonyl (C=O) groups excluding carboxylic acids is 2. The number of nitrogens with zero attached hydrogens (tertiary/aromatic N) is 3. The molecule has 3 aromatic carbocycles. The van der Waals surface area contributed by atoms with Crippen LogP contribution in [-0.2, 0) is 11.3 Å². The molecule has 1 aliphatic heterocycles. The molecule has 0 atom stereocenters. The standard InChI is InChI=1S/C30H28Cl2N4O2S2/c1-20(37)36(25-12-14-35(15-13-25)18-21-10-11-26(31)27(32)16-21)40-30-34-28(19-39-30)23-8-5-9-24(17-23)33-29(38)22-6-3-2-4-7-22/h2-11,16-17,19,25H,12-15,18H2,1H3,(H,33,38). The summed E-state index contributed by atoms with van der Waals surface area (Å²) in [6.07, 6.45) is 1.77. The highest BCUT2D eigenvalue weighted by Crippen LogP contribution is 2.35. The molecule has 1 fully saturated rings. The Balaban J connectivity index is 1.20. The van der Waals surface area contributed by atoms with Crippen LogP contribution in [-0.4, -0.2) is 45.1 Å². The Kier molecular flexibility index (Phi) is 9.44. The second-order valence-electron chi connectivity index (χ2n) is 9.59. The summed E-state index contributed by atoms with van der Waals surface area (Å²) < 4.78 is 2.68. The number of rotatable bonds is 8. The Morgan fingerprint density at radius 1 is 1.02 bits per heavy atom. The summed E-state index contributed by atoms with van der Waals surface area (Å²) in [7, 11) is 0. The number of amides is 2. The van der Waals surface area contributed by atoms with Crippen LogP contribution in [0.4, 0.5) is 5.69 Å². The van der Waals surface area contributed by atoms with Crippen LogP contribution in [0.25, 0.3) is 11.3 Å². The predicted molar refractivity (Wildman–Crippen MR) is 165 cm³/mol. The van der Waals surface area contributed by atoms with Crippen molar-refractivity contribution in [1.82, 2.24) is 14.2 Å². The molecular weight excluding hydrogens is 583 g/mol. The van der Waals surface area contributed by atoms with Crippen molar-refractivity contribution in [3.05, 3.63) is 99.3 Å². The van der Waals surface area contributed by atoms with Gasteiger partial charge >= 0.3 is 0 Å². The third-order valence-electron chi connectivity index (χ3n) is 6.70. The fourth-order valence-electron chi connectivity index (χ4n) is 4.67. The van der Waals surface area contributed by atoms with Gasteiger partial charge in [-0.05, 0) is 54.8 Å². The van der Waals surface area contributed by atoms with Gasteiger partial charge in [-0.1, -0.05) is 59.6 Å². The first kappa shape index (κ1) is 28.6. The first-order valence-electron chi connectivity index (χ1n) is 12.9. The van der Waals surface area contributed by atoms with Crippen molar-refractivity contribution in [2.75, 3.05) is 18.4 Å². The van der Waals surface area contributed by atoms with Gasteiger partial charge in [0.1, 0.15) is 0 Å². The lowest BCUT2D eigenvalue weighted by Gasteiger charge is -2.37. The molecule has 0 unspecified atom stereocenters. The summed E-state index contributed by atoms with van der Waals surface area (Å²) in [5.74, 6) is -0.136. The lowest BCUT2D eigenvalue weighted by Crippen LogP contribution is -2.43. The largest absolute Gasteiger partial charge is 0.322 e. The van der Waals surface area contributed by atoms with Crippen LogP contribution in [0.1, 0.15) is 35.7 Å². The van der Waals surface area contributed by atoms with Crippen LogP contribution in [0.3, 0.4) is 0 Å². The van der Waals surface area contributed by atoms with Crippen molar-refractivity contribution < 1.29 is 9.59 Å². The van der Waals surface area contributed by atoms with Gasteiger partial charge in [-0.3, -0.25) is 18.8 Å². The molecule has 40 heavy (non-hydrogen) atoms. The molecule has 206 valence electrons. The number of halogens is 2. The lowest BCUT2D eigenvalue weighted by molar-refractivity contribution is -0.125. The minimum Gasteiger partial charge on any atom is -0.322 e. The Bertz CT molecular complexity index is 1490. The van der Waals surface area contributed by atoms with Crippen molar-refractivity contribution in [2.24, 2.45) is 0 Å². The summed E-state index contributed by atoms with van der Waals surface area (Å²) >= 11 is 15.2. The van der Waals surface area contributed by atoms with Gasteiger partial charge in [-0.15, -0.1) is 11.3 Å². The minimum atomic E-state index is -0.160. The van der Waals surface area contributed by atoms with Gasteiger partial charge in [0.05, 0.1) is 15.7 Å². The van der Waals surface area contributed by atoms with E-state index in [1.54, 1.807) is 19.1 Å². The molecule has 4 aromatic rings. The number of aromatic nitrogens is 1. The Morgan fingerprint density at radius 2 is 1.80 bits per heavy atom. The highest BCUT2D eigenvalue weighted by Gasteiger charge is 2.28. The average molecular weight is 612 g/mol.